The monoisotopic (exact) mass is 627 g/mol. The third kappa shape index (κ3) is 6.15. The fourth-order valence-electron chi connectivity index (χ4n) is 5.21. The summed E-state index contributed by atoms with van der Waals surface area (Å²) in [6, 6.07) is 15.8. The lowest BCUT2D eigenvalue weighted by molar-refractivity contribution is -0.139. The second-order valence-electron chi connectivity index (χ2n) is 11.0. The van der Waals surface area contributed by atoms with Gasteiger partial charge in [-0.05, 0) is 48.7 Å². The molecule has 9 nitrogen and oxygen atoms in total. The number of ether oxygens (including phenoxy) is 1. The van der Waals surface area contributed by atoms with E-state index in [0.29, 0.717) is 46.2 Å². The Balaban J connectivity index is 1.66. The van der Waals surface area contributed by atoms with Crippen LogP contribution < -0.4 is 15.8 Å². The van der Waals surface area contributed by atoms with E-state index in [-0.39, 0.29) is 25.4 Å². The number of anilines is 1. The molecule has 1 aliphatic rings. The Labute approximate surface area is 253 Å². The molecule has 13 heteroatoms. The zero-order valence-corrected chi connectivity index (χ0v) is 25.2. The second kappa shape index (κ2) is 12.0. The van der Waals surface area contributed by atoms with Crippen LogP contribution in [0.15, 0.2) is 71.6 Å². The van der Waals surface area contributed by atoms with Gasteiger partial charge in [0.1, 0.15) is 11.4 Å². The van der Waals surface area contributed by atoms with Crippen LogP contribution in [-0.2, 0) is 29.2 Å². The normalized spacial score (nSPS) is 14.0. The number of carbonyl (C=O) groups excluding carboxylic acids is 1. The molecule has 2 amide bonds. The minimum absolute atomic E-state index is 0.0517. The molecule has 0 radical (unpaired) electrons. The summed E-state index contributed by atoms with van der Waals surface area (Å²) in [5.74, 6) is 0.827. The summed E-state index contributed by atoms with van der Waals surface area (Å²) in [7, 11) is -4.54. The van der Waals surface area contributed by atoms with Crippen molar-refractivity contribution >= 4 is 21.7 Å². The Morgan fingerprint density at radius 2 is 1.77 bits per heavy atom. The average molecular weight is 628 g/mol. The van der Waals surface area contributed by atoms with E-state index in [4.69, 9.17) is 15.6 Å². The molecule has 0 bridgehead atoms. The number of nitrogens with two attached hydrogens (primary N) is 1. The summed E-state index contributed by atoms with van der Waals surface area (Å²) < 4.78 is 77.8. The number of nitrogens with zero attached hydrogens (tertiary/aromatic N) is 3. The smallest absolute Gasteiger partial charge is 0.417 e. The number of para-hydroxylation sites is 1. The Bertz CT molecular complexity index is 1800. The molecule has 0 saturated carbocycles. The maximum Gasteiger partial charge on any atom is 0.417 e. The molecule has 1 aromatic heterocycles. The minimum atomic E-state index is -4.85. The van der Waals surface area contributed by atoms with Gasteiger partial charge in [-0.1, -0.05) is 50.2 Å². The van der Waals surface area contributed by atoms with E-state index in [1.807, 2.05) is 39.0 Å². The molecule has 0 saturated heterocycles. The number of carbonyl (C=O) groups is 1. The molecular weight excluding hydrogens is 595 g/mol. The Morgan fingerprint density at radius 1 is 1.07 bits per heavy atom. The van der Waals surface area contributed by atoms with E-state index in [9.17, 15) is 26.4 Å². The number of amides is 2. The molecule has 232 valence electrons. The van der Waals surface area contributed by atoms with Gasteiger partial charge in [-0.2, -0.15) is 22.6 Å². The van der Waals surface area contributed by atoms with Crippen LogP contribution in [0.2, 0.25) is 0 Å². The van der Waals surface area contributed by atoms with Crippen molar-refractivity contribution in [3.8, 4) is 22.7 Å². The predicted octanol–water partition coefficient (Wildman–Crippen LogP) is 6.14. The van der Waals surface area contributed by atoms with Crippen molar-refractivity contribution in [2.45, 2.75) is 44.8 Å². The number of alkyl halides is 3. The van der Waals surface area contributed by atoms with Gasteiger partial charge in [0.2, 0.25) is 10.0 Å². The Hall–Kier alpha value is -4.36. The highest BCUT2D eigenvalue weighted by Gasteiger charge is 2.40. The molecule has 0 aliphatic carbocycles. The molecule has 2 heterocycles. The summed E-state index contributed by atoms with van der Waals surface area (Å²) in [6.07, 6.45) is -4.67. The van der Waals surface area contributed by atoms with Crippen molar-refractivity contribution in [3.63, 3.8) is 0 Å². The lowest BCUT2D eigenvalue weighted by atomic mass is 10.0. The van der Waals surface area contributed by atoms with Gasteiger partial charge in [0.15, 0.2) is 0 Å². The molecule has 0 spiro atoms. The largest absolute Gasteiger partial charge is 0.491 e. The zero-order valence-electron chi connectivity index (χ0n) is 24.4. The van der Waals surface area contributed by atoms with Crippen LogP contribution in [0.5, 0.6) is 5.75 Å². The molecule has 5 rings (SSSR count). The van der Waals surface area contributed by atoms with Gasteiger partial charge in [-0.25, -0.2) is 17.9 Å². The van der Waals surface area contributed by atoms with Crippen LogP contribution in [0.25, 0.3) is 16.9 Å². The van der Waals surface area contributed by atoms with Gasteiger partial charge >= 0.3 is 12.2 Å². The molecule has 3 aromatic carbocycles. The van der Waals surface area contributed by atoms with Crippen molar-refractivity contribution in [1.82, 2.24) is 14.1 Å². The summed E-state index contributed by atoms with van der Waals surface area (Å²) in [4.78, 5) is 10.6. The second-order valence-corrected chi connectivity index (χ2v) is 12.9. The number of aryl methyl sites for hydroxylation is 1. The summed E-state index contributed by atoms with van der Waals surface area (Å²) >= 11 is 0. The number of benzene rings is 3. The number of rotatable bonds is 8. The molecular formula is C31H32F3N5O4S. The first kappa shape index (κ1) is 31.1. The maximum atomic E-state index is 13.8. The first-order valence-corrected chi connectivity index (χ1v) is 15.4. The standard InChI is InChI=1S/C31H32F3N5O4S/c1-19(2)18-43-26-9-6-7-20(3)28(26)39-29(21-11-13-22(14-12-21)36-30(35)40)23-17-38(16-15-25(23)37-39)44(41,42)27-10-5-4-8-24(27)31(32,33)34/h4-14,19H,15-18H2,1-3H3,(H3,35,36,40). The van der Waals surface area contributed by atoms with Crippen molar-refractivity contribution in [2.24, 2.45) is 11.7 Å². The molecule has 44 heavy (non-hydrogen) atoms. The van der Waals surface area contributed by atoms with Crippen LogP contribution in [-0.4, -0.2) is 41.7 Å². The number of fused-ring (bicyclic) bond motifs is 1. The minimum Gasteiger partial charge on any atom is -0.491 e. The molecule has 4 aromatic rings. The number of hydrogen-bond donors (Lipinski definition) is 2. The van der Waals surface area contributed by atoms with Gasteiger partial charge in [0, 0.05) is 36.3 Å². The molecule has 0 atom stereocenters. The van der Waals surface area contributed by atoms with Gasteiger partial charge in [0.25, 0.3) is 0 Å². The Kier molecular flexibility index (Phi) is 8.45. The van der Waals surface area contributed by atoms with Crippen molar-refractivity contribution in [2.75, 3.05) is 18.5 Å². The molecule has 3 N–H and O–H groups in total. The zero-order chi connectivity index (χ0) is 31.8. The number of sulfonamides is 1. The van der Waals surface area contributed by atoms with E-state index in [2.05, 4.69) is 5.32 Å². The van der Waals surface area contributed by atoms with E-state index in [0.717, 1.165) is 28.1 Å². The third-order valence-corrected chi connectivity index (χ3v) is 9.12. The highest BCUT2D eigenvalue weighted by Crippen LogP contribution is 2.40. The quantitative estimate of drug-likeness (QED) is 0.243. The lowest BCUT2D eigenvalue weighted by Gasteiger charge is -2.27. The van der Waals surface area contributed by atoms with Crippen LogP contribution in [0.4, 0.5) is 23.7 Å². The van der Waals surface area contributed by atoms with E-state index in [1.165, 1.54) is 6.07 Å². The summed E-state index contributed by atoms with van der Waals surface area (Å²) in [5.41, 5.74) is 8.37. The maximum absolute atomic E-state index is 13.8. The van der Waals surface area contributed by atoms with Gasteiger partial charge < -0.3 is 15.8 Å². The number of hydrogen-bond acceptors (Lipinski definition) is 5. The van der Waals surface area contributed by atoms with Crippen LogP contribution in [0.1, 0.15) is 36.2 Å². The van der Waals surface area contributed by atoms with E-state index < -0.39 is 32.7 Å². The number of aromatic nitrogens is 2. The highest BCUT2D eigenvalue weighted by atomic mass is 32.2. The SMILES string of the molecule is Cc1cccc(OCC(C)C)c1-n1nc2c(c1-c1ccc(NC(N)=O)cc1)CN(S(=O)(=O)c1ccccc1C(F)(F)F)CC2. The number of halogens is 3. The van der Waals surface area contributed by atoms with Gasteiger partial charge in [-0.15, -0.1) is 0 Å². The van der Waals surface area contributed by atoms with Crippen molar-refractivity contribution < 1.29 is 31.1 Å². The van der Waals surface area contributed by atoms with Crippen LogP contribution >= 0.6 is 0 Å². The Morgan fingerprint density at radius 3 is 2.43 bits per heavy atom. The van der Waals surface area contributed by atoms with Gasteiger partial charge in [-0.3, -0.25) is 0 Å². The number of primary amides is 1. The number of urea groups is 1. The van der Waals surface area contributed by atoms with Crippen LogP contribution in [0.3, 0.4) is 0 Å². The molecule has 0 unspecified atom stereocenters. The summed E-state index contributed by atoms with van der Waals surface area (Å²) in [6.45, 7) is 6.17. The van der Waals surface area contributed by atoms with Crippen LogP contribution in [0, 0.1) is 12.8 Å². The summed E-state index contributed by atoms with van der Waals surface area (Å²) in [5, 5.41) is 7.42. The van der Waals surface area contributed by atoms with Crippen molar-refractivity contribution in [1.29, 1.82) is 0 Å². The van der Waals surface area contributed by atoms with Gasteiger partial charge in [0.05, 0.1) is 28.5 Å². The fourth-order valence-corrected chi connectivity index (χ4v) is 6.83. The topological polar surface area (TPSA) is 120 Å². The fraction of sp³-hybridized carbons (Fsp3) is 0.290. The highest BCUT2D eigenvalue weighted by molar-refractivity contribution is 7.89. The predicted molar refractivity (Wildman–Crippen MR) is 160 cm³/mol. The van der Waals surface area contributed by atoms with Crippen molar-refractivity contribution in [3.05, 3.63) is 89.1 Å². The van der Waals surface area contributed by atoms with E-state index in [1.54, 1.807) is 28.9 Å². The first-order valence-electron chi connectivity index (χ1n) is 13.9. The lowest BCUT2D eigenvalue weighted by Crippen LogP contribution is -2.36. The number of nitrogens with one attached hydrogen (secondary N) is 1. The van der Waals surface area contributed by atoms with E-state index >= 15 is 0 Å². The molecule has 1 aliphatic heterocycles. The average Bonchev–Trinajstić information content (AvgIpc) is 3.34. The third-order valence-electron chi connectivity index (χ3n) is 7.22. The first-order chi connectivity index (χ1) is 20.8. The molecule has 0 fully saturated rings.